The van der Waals surface area contributed by atoms with Gasteiger partial charge in [0.15, 0.2) is 0 Å². The molecule has 1 unspecified atom stereocenters. The van der Waals surface area contributed by atoms with Crippen molar-refractivity contribution in [3.8, 4) is 11.5 Å². The highest BCUT2D eigenvalue weighted by Crippen LogP contribution is 2.27. The molecule has 1 saturated heterocycles. The van der Waals surface area contributed by atoms with Crippen molar-refractivity contribution in [2.45, 2.75) is 39.3 Å². The normalized spacial score (nSPS) is 20.4. The molecule has 1 aromatic carbocycles. The molecule has 0 radical (unpaired) electrons. The fraction of sp³-hybridized carbons (Fsp3) is 0.389. The van der Waals surface area contributed by atoms with Crippen LogP contribution >= 0.6 is 11.6 Å². The van der Waals surface area contributed by atoms with Gasteiger partial charge in [-0.3, -0.25) is 9.69 Å². The number of hydrogen-bond acceptors (Lipinski definition) is 4. The van der Waals surface area contributed by atoms with Crippen LogP contribution in [0.3, 0.4) is 0 Å². The first-order chi connectivity index (χ1) is 11.8. The number of benzene rings is 1. The first kappa shape index (κ1) is 17.5. The van der Waals surface area contributed by atoms with Crippen molar-refractivity contribution in [1.29, 1.82) is 0 Å². The van der Waals surface area contributed by atoms with Crippen LogP contribution in [0.15, 0.2) is 34.9 Å². The van der Waals surface area contributed by atoms with Crippen LogP contribution in [-0.4, -0.2) is 27.4 Å². The maximum absolute atomic E-state index is 12.7. The zero-order valence-corrected chi connectivity index (χ0v) is 15.1. The zero-order chi connectivity index (χ0) is 18.2. The number of nitrogens with one attached hydrogen (secondary N) is 1. The molecule has 1 atom stereocenters. The molecule has 2 heterocycles. The third kappa shape index (κ3) is 3.54. The Kier molecular flexibility index (Phi) is 4.56. The van der Waals surface area contributed by atoms with Crippen LogP contribution in [0.1, 0.15) is 32.9 Å². The average molecular weight is 362 g/mol. The molecule has 6 nitrogen and oxygen atoms in total. The maximum Gasteiger partial charge on any atom is 0.325 e. The van der Waals surface area contributed by atoms with E-state index in [2.05, 4.69) is 10.3 Å². The Labute approximate surface area is 151 Å². The van der Waals surface area contributed by atoms with E-state index >= 15 is 0 Å². The maximum atomic E-state index is 12.7. The quantitative estimate of drug-likeness (QED) is 0.820. The van der Waals surface area contributed by atoms with Gasteiger partial charge in [0.2, 0.25) is 5.89 Å². The number of halogens is 1. The van der Waals surface area contributed by atoms with E-state index in [4.69, 9.17) is 16.0 Å². The standard InChI is InChI=1S/C18H20ClN3O3/c1-11(2)8-18(3)16(23)22(17(24)21-18)9-14-10-25-15(20-14)12-5-4-6-13(19)7-12/h4-7,10-11H,8-9H2,1-3H3,(H,21,24). The van der Waals surface area contributed by atoms with Gasteiger partial charge < -0.3 is 9.73 Å². The second kappa shape index (κ2) is 6.52. The molecule has 0 saturated carbocycles. The van der Waals surface area contributed by atoms with Crippen molar-refractivity contribution in [3.05, 3.63) is 41.2 Å². The van der Waals surface area contributed by atoms with Gasteiger partial charge in [-0.05, 0) is 37.5 Å². The molecule has 3 amide bonds. The molecule has 1 aliphatic rings. The Hall–Kier alpha value is -2.34. The molecule has 0 spiro atoms. The number of rotatable bonds is 5. The second-order valence-electron chi connectivity index (χ2n) is 6.91. The van der Waals surface area contributed by atoms with E-state index < -0.39 is 11.6 Å². The van der Waals surface area contributed by atoms with E-state index in [-0.39, 0.29) is 18.4 Å². The lowest BCUT2D eigenvalue weighted by Crippen LogP contribution is -2.44. The Balaban J connectivity index is 1.77. The SMILES string of the molecule is CC(C)CC1(C)NC(=O)N(Cc2coc(-c3cccc(Cl)c3)n2)C1=O. The number of imide groups is 1. The fourth-order valence-electron chi connectivity index (χ4n) is 3.14. The van der Waals surface area contributed by atoms with Crippen LogP contribution in [0.25, 0.3) is 11.5 Å². The van der Waals surface area contributed by atoms with Crippen LogP contribution in [0.5, 0.6) is 0 Å². The number of nitrogens with zero attached hydrogens (tertiary/aromatic N) is 2. The van der Waals surface area contributed by atoms with E-state index in [1.807, 2.05) is 19.9 Å². The van der Waals surface area contributed by atoms with Gasteiger partial charge in [0.05, 0.1) is 12.2 Å². The first-order valence-electron chi connectivity index (χ1n) is 8.13. The lowest BCUT2D eigenvalue weighted by atomic mass is 9.91. The monoisotopic (exact) mass is 361 g/mol. The minimum Gasteiger partial charge on any atom is -0.444 e. The van der Waals surface area contributed by atoms with Crippen LogP contribution in [-0.2, 0) is 11.3 Å². The molecule has 1 fully saturated rings. The number of hydrogen-bond donors (Lipinski definition) is 1. The minimum atomic E-state index is -0.870. The van der Waals surface area contributed by atoms with E-state index in [0.29, 0.717) is 23.0 Å². The van der Waals surface area contributed by atoms with Crippen LogP contribution < -0.4 is 5.32 Å². The Morgan fingerprint density at radius 2 is 2.12 bits per heavy atom. The van der Waals surface area contributed by atoms with Gasteiger partial charge in [-0.25, -0.2) is 9.78 Å². The molecule has 132 valence electrons. The molecule has 1 aromatic heterocycles. The molecule has 1 N–H and O–H groups in total. The highest BCUT2D eigenvalue weighted by Gasteiger charge is 2.47. The van der Waals surface area contributed by atoms with E-state index in [1.54, 1.807) is 25.1 Å². The van der Waals surface area contributed by atoms with Crippen LogP contribution in [0.4, 0.5) is 4.79 Å². The number of amides is 3. The summed E-state index contributed by atoms with van der Waals surface area (Å²) in [6.45, 7) is 5.86. The summed E-state index contributed by atoms with van der Waals surface area (Å²) in [5, 5.41) is 3.37. The predicted octanol–water partition coefficient (Wildman–Crippen LogP) is 3.85. The van der Waals surface area contributed by atoms with E-state index in [9.17, 15) is 9.59 Å². The summed E-state index contributed by atoms with van der Waals surface area (Å²) < 4.78 is 5.46. The Morgan fingerprint density at radius 3 is 2.80 bits per heavy atom. The largest absolute Gasteiger partial charge is 0.444 e. The van der Waals surface area contributed by atoms with Gasteiger partial charge in [-0.2, -0.15) is 0 Å². The van der Waals surface area contributed by atoms with Gasteiger partial charge in [0.1, 0.15) is 11.8 Å². The van der Waals surface area contributed by atoms with Crippen molar-refractivity contribution in [3.63, 3.8) is 0 Å². The summed E-state index contributed by atoms with van der Waals surface area (Å²) in [7, 11) is 0. The van der Waals surface area contributed by atoms with Crippen molar-refractivity contribution in [2.24, 2.45) is 5.92 Å². The summed E-state index contributed by atoms with van der Waals surface area (Å²) >= 11 is 5.97. The highest BCUT2D eigenvalue weighted by atomic mass is 35.5. The molecule has 7 heteroatoms. The number of aromatic nitrogens is 1. The van der Waals surface area contributed by atoms with Crippen molar-refractivity contribution in [2.75, 3.05) is 0 Å². The number of urea groups is 1. The van der Waals surface area contributed by atoms with Crippen molar-refractivity contribution >= 4 is 23.5 Å². The van der Waals surface area contributed by atoms with Crippen molar-refractivity contribution in [1.82, 2.24) is 15.2 Å². The molecular formula is C18H20ClN3O3. The average Bonchev–Trinajstić information content (AvgIpc) is 3.06. The van der Waals surface area contributed by atoms with Crippen molar-refractivity contribution < 1.29 is 14.0 Å². The predicted molar refractivity (Wildman–Crippen MR) is 93.9 cm³/mol. The van der Waals surface area contributed by atoms with Gasteiger partial charge in [-0.1, -0.05) is 31.5 Å². The van der Waals surface area contributed by atoms with Crippen LogP contribution in [0.2, 0.25) is 5.02 Å². The first-order valence-corrected chi connectivity index (χ1v) is 8.51. The number of carbonyl (C=O) groups is 2. The molecule has 0 bridgehead atoms. The third-order valence-corrected chi connectivity index (χ3v) is 4.34. The Bertz CT molecular complexity index is 817. The summed E-state index contributed by atoms with van der Waals surface area (Å²) in [5.74, 6) is 0.448. The van der Waals surface area contributed by atoms with Gasteiger partial charge >= 0.3 is 6.03 Å². The fourth-order valence-corrected chi connectivity index (χ4v) is 3.33. The van der Waals surface area contributed by atoms with Gasteiger partial charge in [0, 0.05) is 10.6 Å². The topological polar surface area (TPSA) is 75.4 Å². The van der Waals surface area contributed by atoms with Gasteiger partial charge in [0.25, 0.3) is 5.91 Å². The molecule has 25 heavy (non-hydrogen) atoms. The second-order valence-corrected chi connectivity index (χ2v) is 7.34. The lowest BCUT2D eigenvalue weighted by molar-refractivity contribution is -0.131. The molecule has 1 aliphatic heterocycles. The zero-order valence-electron chi connectivity index (χ0n) is 14.4. The summed E-state index contributed by atoms with van der Waals surface area (Å²) in [5.41, 5.74) is 0.373. The summed E-state index contributed by atoms with van der Waals surface area (Å²) in [4.78, 5) is 30.4. The molecule has 3 rings (SSSR count). The van der Waals surface area contributed by atoms with Crippen LogP contribution in [0, 0.1) is 5.92 Å². The van der Waals surface area contributed by atoms with E-state index in [0.717, 1.165) is 5.56 Å². The number of carbonyl (C=O) groups excluding carboxylic acids is 2. The molecular weight excluding hydrogens is 342 g/mol. The lowest BCUT2D eigenvalue weighted by Gasteiger charge is -2.23. The van der Waals surface area contributed by atoms with E-state index in [1.165, 1.54) is 11.2 Å². The third-order valence-electron chi connectivity index (χ3n) is 4.11. The Morgan fingerprint density at radius 1 is 1.36 bits per heavy atom. The minimum absolute atomic E-state index is 0.0718. The molecule has 2 aromatic rings. The molecule has 0 aliphatic carbocycles. The summed E-state index contributed by atoms with van der Waals surface area (Å²) in [6, 6.07) is 6.73. The van der Waals surface area contributed by atoms with Gasteiger partial charge in [-0.15, -0.1) is 0 Å². The highest BCUT2D eigenvalue weighted by molar-refractivity contribution is 6.30. The summed E-state index contributed by atoms with van der Waals surface area (Å²) in [6.07, 6.45) is 2.04. The number of oxazole rings is 1. The smallest absolute Gasteiger partial charge is 0.325 e.